The predicted molar refractivity (Wildman–Crippen MR) is 76.6 cm³/mol. The van der Waals surface area contributed by atoms with Crippen molar-refractivity contribution in [1.82, 2.24) is 4.98 Å². The Hall–Kier alpha value is -1.34. The minimum absolute atomic E-state index is 0.0350. The molecule has 1 aromatic heterocycles. The van der Waals surface area contributed by atoms with Crippen LogP contribution in [-0.2, 0) is 0 Å². The smallest absolute Gasteiger partial charge is 0.275 e. The van der Waals surface area contributed by atoms with Crippen LogP contribution in [0, 0.1) is 16.0 Å². The molecule has 7 heteroatoms. The highest BCUT2D eigenvalue weighted by atomic mass is 32.2. The maximum absolute atomic E-state index is 10.9. The van der Waals surface area contributed by atoms with E-state index in [1.807, 2.05) is 13.8 Å². The summed E-state index contributed by atoms with van der Waals surface area (Å²) in [6.45, 7) is 4.76. The highest BCUT2D eigenvalue weighted by molar-refractivity contribution is 7.99. The summed E-state index contributed by atoms with van der Waals surface area (Å²) < 4.78 is 0. The molecule has 0 bridgehead atoms. The van der Waals surface area contributed by atoms with Gasteiger partial charge in [0.05, 0.1) is 11.0 Å². The fourth-order valence-electron chi connectivity index (χ4n) is 1.29. The molecule has 0 fully saturated rings. The first-order valence-corrected chi connectivity index (χ1v) is 7.19. The van der Waals surface area contributed by atoms with Crippen molar-refractivity contribution in [3.63, 3.8) is 0 Å². The Balaban J connectivity index is 2.83. The lowest BCUT2D eigenvalue weighted by molar-refractivity contribution is -0.385. The Labute approximate surface area is 116 Å². The molecular weight excluding hydrogens is 266 g/mol. The molecule has 106 valence electrons. The van der Waals surface area contributed by atoms with Crippen LogP contribution >= 0.6 is 11.8 Å². The van der Waals surface area contributed by atoms with Crippen LogP contribution < -0.4 is 5.32 Å². The number of thioether (sulfide) groups is 1. The van der Waals surface area contributed by atoms with Crippen LogP contribution in [0.2, 0.25) is 0 Å². The van der Waals surface area contributed by atoms with Crippen molar-refractivity contribution < 1.29 is 10.0 Å². The van der Waals surface area contributed by atoms with Crippen molar-refractivity contribution in [3.8, 4) is 0 Å². The van der Waals surface area contributed by atoms with Gasteiger partial charge in [0.15, 0.2) is 0 Å². The van der Waals surface area contributed by atoms with Crippen LogP contribution in [-0.4, -0.2) is 33.9 Å². The monoisotopic (exact) mass is 285 g/mol. The van der Waals surface area contributed by atoms with Crippen molar-refractivity contribution in [1.29, 1.82) is 0 Å². The maximum atomic E-state index is 10.9. The van der Waals surface area contributed by atoms with Crippen LogP contribution in [0.3, 0.4) is 0 Å². The van der Waals surface area contributed by atoms with E-state index >= 15 is 0 Å². The second-order valence-corrected chi connectivity index (χ2v) is 5.37. The lowest BCUT2D eigenvalue weighted by Gasteiger charge is -2.09. The molecule has 0 radical (unpaired) electrons. The highest BCUT2D eigenvalue weighted by Crippen LogP contribution is 2.25. The van der Waals surface area contributed by atoms with Crippen LogP contribution in [0.15, 0.2) is 17.2 Å². The van der Waals surface area contributed by atoms with Gasteiger partial charge in [0.1, 0.15) is 10.8 Å². The number of nitrogens with one attached hydrogen (secondary N) is 1. The quantitative estimate of drug-likeness (QED) is 0.433. The van der Waals surface area contributed by atoms with Gasteiger partial charge < -0.3 is 10.4 Å². The van der Waals surface area contributed by atoms with Crippen molar-refractivity contribution in [2.24, 2.45) is 5.92 Å². The predicted octanol–water partition coefficient (Wildman–Crippen LogP) is 2.53. The van der Waals surface area contributed by atoms with E-state index in [-0.39, 0.29) is 18.2 Å². The zero-order valence-electron chi connectivity index (χ0n) is 11.1. The zero-order valence-corrected chi connectivity index (χ0v) is 11.9. The Morgan fingerprint density at radius 1 is 1.58 bits per heavy atom. The van der Waals surface area contributed by atoms with Gasteiger partial charge in [0.2, 0.25) is 0 Å². The molecule has 0 saturated carbocycles. The molecule has 2 N–H and O–H groups in total. The number of anilines is 1. The summed E-state index contributed by atoms with van der Waals surface area (Å²) in [6, 6.07) is 2.90. The number of aliphatic hydroxyl groups excluding tert-OH is 1. The highest BCUT2D eigenvalue weighted by Gasteiger charge is 2.12. The molecule has 0 aliphatic heterocycles. The van der Waals surface area contributed by atoms with Gasteiger partial charge in [-0.1, -0.05) is 13.8 Å². The first kappa shape index (κ1) is 15.7. The van der Waals surface area contributed by atoms with E-state index in [0.717, 1.165) is 13.0 Å². The number of nitro groups is 1. The van der Waals surface area contributed by atoms with Gasteiger partial charge >= 0.3 is 0 Å². The molecule has 1 rings (SSSR count). The summed E-state index contributed by atoms with van der Waals surface area (Å²) in [7, 11) is 0. The average molecular weight is 285 g/mol. The molecule has 0 saturated heterocycles. The molecule has 0 aliphatic carbocycles. The minimum Gasteiger partial charge on any atom is -0.396 e. The number of hydrogen-bond acceptors (Lipinski definition) is 6. The molecular formula is C12H19N3O3S. The molecule has 0 aromatic carbocycles. The Kier molecular flexibility index (Phi) is 6.58. The topological polar surface area (TPSA) is 88.3 Å². The van der Waals surface area contributed by atoms with E-state index < -0.39 is 4.92 Å². The van der Waals surface area contributed by atoms with Crippen LogP contribution in [0.1, 0.15) is 20.3 Å². The second kappa shape index (κ2) is 7.96. The van der Waals surface area contributed by atoms with Crippen molar-refractivity contribution >= 4 is 23.3 Å². The van der Waals surface area contributed by atoms with Gasteiger partial charge in [-0.3, -0.25) is 10.1 Å². The van der Waals surface area contributed by atoms with Crippen molar-refractivity contribution in [3.05, 3.63) is 22.2 Å². The van der Waals surface area contributed by atoms with Gasteiger partial charge in [-0.2, -0.15) is 0 Å². The summed E-state index contributed by atoms with van der Waals surface area (Å²) >= 11 is 1.42. The van der Waals surface area contributed by atoms with Gasteiger partial charge in [0.25, 0.3) is 5.69 Å². The number of hydrogen-bond donors (Lipinski definition) is 2. The number of aliphatic hydroxyl groups is 1. The van der Waals surface area contributed by atoms with Crippen molar-refractivity contribution in [2.45, 2.75) is 25.3 Å². The molecule has 1 atom stereocenters. The van der Waals surface area contributed by atoms with Gasteiger partial charge in [-0.15, -0.1) is 11.8 Å². The first-order valence-electron chi connectivity index (χ1n) is 6.20. The molecule has 0 aliphatic rings. The summed E-state index contributed by atoms with van der Waals surface area (Å²) in [5.74, 6) is 1.34. The SMILES string of the molecule is CCCNc1cc([N+](=O)[O-])cc(SCC(C)CO)n1. The summed E-state index contributed by atoms with van der Waals surface area (Å²) in [4.78, 5) is 14.8. The lowest BCUT2D eigenvalue weighted by Crippen LogP contribution is -2.05. The largest absolute Gasteiger partial charge is 0.396 e. The Bertz CT molecular complexity index is 429. The van der Waals surface area contributed by atoms with Crippen LogP contribution in [0.5, 0.6) is 0 Å². The fraction of sp³-hybridized carbons (Fsp3) is 0.583. The van der Waals surface area contributed by atoms with Gasteiger partial charge in [-0.05, 0) is 12.3 Å². The fourth-order valence-corrected chi connectivity index (χ4v) is 2.22. The zero-order chi connectivity index (χ0) is 14.3. The molecule has 1 unspecified atom stereocenters. The molecule has 0 amide bonds. The van der Waals surface area contributed by atoms with E-state index in [4.69, 9.17) is 5.11 Å². The van der Waals surface area contributed by atoms with E-state index in [9.17, 15) is 10.1 Å². The van der Waals surface area contributed by atoms with E-state index in [0.29, 0.717) is 16.6 Å². The summed E-state index contributed by atoms with van der Waals surface area (Å²) in [5.41, 5.74) is 0.0350. The maximum Gasteiger partial charge on any atom is 0.275 e. The van der Waals surface area contributed by atoms with E-state index in [1.165, 1.54) is 23.9 Å². The first-order chi connectivity index (χ1) is 9.06. The third-order valence-electron chi connectivity index (χ3n) is 2.38. The van der Waals surface area contributed by atoms with Gasteiger partial charge in [0, 0.05) is 25.0 Å². The van der Waals surface area contributed by atoms with Crippen molar-refractivity contribution in [2.75, 3.05) is 24.2 Å². The molecule has 0 spiro atoms. The van der Waals surface area contributed by atoms with Gasteiger partial charge in [-0.25, -0.2) is 4.98 Å². The standard InChI is InChI=1S/C12H19N3O3S/c1-3-4-13-11-5-10(15(17)18)6-12(14-11)19-8-9(2)7-16/h5-6,9,16H,3-4,7-8H2,1-2H3,(H,13,14). The van der Waals surface area contributed by atoms with E-state index in [2.05, 4.69) is 10.3 Å². The average Bonchev–Trinajstić information content (AvgIpc) is 2.42. The Morgan fingerprint density at radius 3 is 2.89 bits per heavy atom. The Morgan fingerprint density at radius 2 is 2.32 bits per heavy atom. The molecule has 1 aromatic rings. The second-order valence-electron chi connectivity index (χ2n) is 4.33. The third kappa shape index (κ3) is 5.44. The van der Waals surface area contributed by atoms with Crippen LogP contribution in [0.4, 0.5) is 11.5 Å². The van der Waals surface area contributed by atoms with Crippen LogP contribution in [0.25, 0.3) is 0 Å². The number of rotatable bonds is 8. The molecule has 1 heterocycles. The number of aromatic nitrogens is 1. The van der Waals surface area contributed by atoms with E-state index in [1.54, 1.807) is 0 Å². The molecule has 19 heavy (non-hydrogen) atoms. The summed E-state index contributed by atoms with van der Waals surface area (Å²) in [6.07, 6.45) is 0.925. The summed E-state index contributed by atoms with van der Waals surface area (Å²) in [5, 5.41) is 23.5. The minimum atomic E-state index is -0.418. The molecule has 6 nitrogen and oxygen atoms in total. The number of pyridine rings is 1. The lowest BCUT2D eigenvalue weighted by atomic mass is 10.2. The number of nitrogens with zero attached hydrogens (tertiary/aromatic N) is 2. The third-order valence-corrected chi connectivity index (χ3v) is 3.62. The normalized spacial score (nSPS) is 12.2.